The van der Waals surface area contributed by atoms with Gasteiger partial charge in [0.25, 0.3) is 0 Å². The third-order valence-electron chi connectivity index (χ3n) is 3.73. The molecule has 0 aromatic carbocycles. The molecule has 5 heteroatoms. The molecule has 5 nitrogen and oxygen atoms in total. The van der Waals surface area contributed by atoms with E-state index in [1.54, 1.807) is 0 Å². The SMILES string of the molecule is COC(=O)C1CCC(C)=CC1(OC(N)=O)C(C)(C)C. The molecule has 1 amide bonds. The Labute approximate surface area is 114 Å². The molecule has 1 aliphatic carbocycles. The first-order valence-electron chi connectivity index (χ1n) is 6.38. The van der Waals surface area contributed by atoms with Gasteiger partial charge in [-0.2, -0.15) is 0 Å². The molecule has 0 fully saturated rings. The molecule has 0 heterocycles. The Morgan fingerprint density at radius 1 is 1.42 bits per heavy atom. The summed E-state index contributed by atoms with van der Waals surface area (Å²) in [5.41, 5.74) is 4.76. The van der Waals surface area contributed by atoms with Gasteiger partial charge in [-0.1, -0.05) is 26.3 Å². The van der Waals surface area contributed by atoms with Gasteiger partial charge in [-0.25, -0.2) is 4.79 Å². The molecule has 0 saturated heterocycles. The molecule has 2 N–H and O–H groups in total. The molecular formula is C14H23NO4. The van der Waals surface area contributed by atoms with E-state index >= 15 is 0 Å². The van der Waals surface area contributed by atoms with Crippen LogP contribution in [0.5, 0.6) is 0 Å². The molecule has 0 bridgehead atoms. The number of nitrogens with two attached hydrogens (primary N) is 1. The summed E-state index contributed by atoms with van der Waals surface area (Å²) in [5.74, 6) is -0.909. The van der Waals surface area contributed by atoms with Gasteiger partial charge in [0.2, 0.25) is 0 Å². The molecule has 1 aliphatic rings. The van der Waals surface area contributed by atoms with E-state index in [1.807, 2.05) is 33.8 Å². The van der Waals surface area contributed by atoms with Gasteiger partial charge in [0, 0.05) is 5.41 Å². The second kappa shape index (κ2) is 5.23. The summed E-state index contributed by atoms with van der Waals surface area (Å²) in [6.07, 6.45) is 2.33. The number of carbonyl (C=O) groups is 2. The number of allylic oxidation sites excluding steroid dienone is 1. The fourth-order valence-electron chi connectivity index (χ4n) is 2.72. The van der Waals surface area contributed by atoms with Crippen LogP contribution in [0.1, 0.15) is 40.5 Å². The molecule has 108 valence electrons. The van der Waals surface area contributed by atoms with Gasteiger partial charge in [-0.05, 0) is 25.8 Å². The molecule has 2 atom stereocenters. The van der Waals surface area contributed by atoms with Gasteiger partial charge in [0.05, 0.1) is 7.11 Å². The minimum Gasteiger partial charge on any atom is -0.469 e. The molecule has 1 rings (SSSR count). The monoisotopic (exact) mass is 269 g/mol. The van der Waals surface area contributed by atoms with Crippen LogP contribution in [0.25, 0.3) is 0 Å². The summed E-state index contributed by atoms with van der Waals surface area (Å²) >= 11 is 0. The van der Waals surface area contributed by atoms with Gasteiger partial charge in [0.1, 0.15) is 5.92 Å². The van der Waals surface area contributed by atoms with Crippen LogP contribution in [0.3, 0.4) is 0 Å². The molecule has 0 aliphatic heterocycles. The first kappa shape index (κ1) is 15.5. The summed E-state index contributed by atoms with van der Waals surface area (Å²) in [4.78, 5) is 23.3. The smallest absolute Gasteiger partial charge is 0.405 e. The Bertz CT molecular complexity index is 408. The van der Waals surface area contributed by atoms with E-state index in [9.17, 15) is 9.59 Å². The lowest BCUT2D eigenvalue weighted by Gasteiger charge is -2.47. The third kappa shape index (κ3) is 2.91. The highest BCUT2D eigenvalue weighted by Crippen LogP contribution is 2.47. The topological polar surface area (TPSA) is 78.6 Å². The third-order valence-corrected chi connectivity index (χ3v) is 3.73. The Morgan fingerprint density at radius 3 is 2.42 bits per heavy atom. The number of amides is 1. The summed E-state index contributed by atoms with van der Waals surface area (Å²) in [6, 6.07) is 0. The number of rotatable bonds is 2. The molecule has 19 heavy (non-hydrogen) atoms. The van der Waals surface area contributed by atoms with Crippen molar-refractivity contribution in [1.82, 2.24) is 0 Å². The maximum atomic E-state index is 12.0. The van der Waals surface area contributed by atoms with Crippen LogP contribution in [0.4, 0.5) is 4.79 Å². The molecular weight excluding hydrogens is 246 g/mol. The summed E-state index contributed by atoms with van der Waals surface area (Å²) in [6.45, 7) is 7.71. The number of carbonyl (C=O) groups excluding carboxylic acids is 2. The first-order valence-corrected chi connectivity index (χ1v) is 6.38. The van der Waals surface area contributed by atoms with Crippen LogP contribution in [0.2, 0.25) is 0 Å². The predicted octanol–water partition coefficient (Wildman–Crippen LogP) is 2.40. The number of methoxy groups -OCH3 is 1. The van der Waals surface area contributed by atoms with Gasteiger partial charge >= 0.3 is 12.1 Å². The van der Waals surface area contributed by atoms with Crippen LogP contribution < -0.4 is 5.73 Å². The number of hydrogen-bond acceptors (Lipinski definition) is 4. The van der Waals surface area contributed by atoms with E-state index in [2.05, 4.69) is 0 Å². The average Bonchev–Trinajstić information content (AvgIpc) is 2.25. The van der Waals surface area contributed by atoms with E-state index in [0.29, 0.717) is 6.42 Å². The Hall–Kier alpha value is -1.52. The van der Waals surface area contributed by atoms with Crippen molar-refractivity contribution in [2.75, 3.05) is 7.11 Å². The fourth-order valence-corrected chi connectivity index (χ4v) is 2.72. The van der Waals surface area contributed by atoms with E-state index in [0.717, 1.165) is 12.0 Å². The number of esters is 1. The van der Waals surface area contributed by atoms with E-state index in [4.69, 9.17) is 15.2 Å². The second-order valence-electron chi connectivity index (χ2n) is 6.07. The lowest BCUT2D eigenvalue weighted by Crippen LogP contribution is -2.56. The molecule has 2 unspecified atom stereocenters. The lowest BCUT2D eigenvalue weighted by molar-refractivity contribution is -0.161. The van der Waals surface area contributed by atoms with Gasteiger partial charge in [-0.15, -0.1) is 0 Å². The van der Waals surface area contributed by atoms with Crippen molar-refractivity contribution in [2.24, 2.45) is 17.1 Å². The second-order valence-corrected chi connectivity index (χ2v) is 6.07. The van der Waals surface area contributed by atoms with Crippen molar-refractivity contribution in [3.05, 3.63) is 11.6 Å². The summed E-state index contributed by atoms with van der Waals surface area (Å²) in [5, 5.41) is 0. The van der Waals surface area contributed by atoms with Crippen LogP contribution >= 0.6 is 0 Å². The maximum absolute atomic E-state index is 12.0. The number of ether oxygens (including phenoxy) is 2. The number of primary amides is 1. The Kier molecular flexibility index (Phi) is 4.28. The standard InChI is InChI=1S/C14H23NO4/c1-9-6-7-10(11(16)18-5)14(8-9,13(2,3)4)19-12(15)17/h8,10H,6-7H2,1-5H3,(H2,15,17). The Morgan fingerprint density at radius 2 is 2.00 bits per heavy atom. The van der Waals surface area contributed by atoms with Crippen molar-refractivity contribution in [1.29, 1.82) is 0 Å². The zero-order chi connectivity index (χ0) is 14.8. The molecule has 0 aromatic heterocycles. The minimum atomic E-state index is -1.06. The van der Waals surface area contributed by atoms with Gasteiger partial charge in [0.15, 0.2) is 5.60 Å². The predicted molar refractivity (Wildman–Crippen MR) is 71.4 cm³/mol. The van der Waals surface area contributed by atoms with Crippen molar-refractivity contribution in [2.45, 2.75) is 46.1 Å². The lowest BCUT2D eigenvalue weighted by atomic mass is 9.64. The molecule has 0 radical (unpaired) electrons. The first-order chi connectivity index (χ1) is 8.64. The zero-order valence-electron chi connectivity index (χ0n) is 12.3. The Balaban J connectivity index is 3.38. The number of hydrogen-bond donors (Lipinski definition) is 1. The highest BCUT2D eigenvalue weighted by Gasteiger charge is 2.54. The summed E-state index contributed by atoms with van der Waals surface area (Å²) < 4.78 is 10.3. The normalized spacial score (nSPS) is 27.4. The van der Waals surface area contributed by atoms with Gasteiger partial charge in [-0.3, -0.25) is 4.79 Å². The minimum absolute atomic E-state index is 0.375. The largest absolute Gasteiger partial charge is 0.469 e. The average molecular weight is 269 g/mol. The molecule has 0 saturated carbocycles. The van der Waals surface area contributed by atoms with Gasteiger partial charge < -0.3 is 15.2 Å². The zero-order valence-corrected chi connectivity index (χ0v) is 12.3. The van der Waals surface area contributed by atoms with Crippen LogP contribution in [-0.2, 0) is 14.3 Å². The van der Waals surface area contributed by atoms with E-state index < -0.39 is 23.0 Å². The van der Waals surface area contributed by atoms with Crippen molar-refractivity contribution in [3.63, 3.8) is 0 Å². The van der Waals surface area contributed by atoms with Crippen LogP contribution in [0.15, 0.2) is 11.6 Å². The quantitative estimate of drug-likeness (QED) is 0.616. The van der Waals surface area contributed by atoms with Crippen molar-refractivity contribution < 1.29 is 19.1 Å². The van der Waals surface area contributed by atoms with Crippen molar-refractivity contribution >= 4 is 12.1 Å². The molecule has 0 aromatic rings. The van der Waals surface area contributed by atoms with Crippen molar-refractivity contribution in [3.8, 4) is 0 Å². The van der Waals surface area contributed by atoms with E-state index in [1.165, 1.54) is 7.11 Å². The van der Waals surface area contributed by atoms with E-state index in [-0.39, 0.29) is 5.97 Å². The fraction of sp³-hybridized carbons (Fsp3) is 0.714. The van der Waals surface area contributed by atoms with Crippen LogP contribution in [0, 0.1) is 11.3 Å². The molecule has 0 spiro atoms. The highest BCUT2D eigenvalue weighted by atomic mass is 16.6. The summed E-state index contributed by atoms with van der Waals surface area (Å²) in [7, 11) is 1.34. The maximum Gasteiger partial charge on any atom is 0.405 e. The highest BCUT2D eigenvalue weighted by molar-refractivity contribution is 5.76. The van der Waals surface area contributed by atoms with Crippen LogP contribution in [-0.4, -0.2) is 24.8 Å².